The van der Waals surface area contributed by atoms with E-state index in [4.69, 9.17) is 13.9 Å². The summed E-state index contributed by atoms with van der Waals surface area (Å²) in [6.45, 7) is 11.1. The molecule has 0 aliphatic heterocycles. The van der Waals surface area contributed by atoms with Crippen LogP contribution in [0.15, 0.2) is 72.8 Å². The van der Waals surface area contributed by atoms with E-state index in [-0.39, 0.29) is 10.9 Å². The number of aryl methyl sites for hydroxylation is 1. The zero-order chi connectivity index (χ0) is 26.8. The highest BCUT2D eigenvalue weighted by Crippen LogP contribution is 2.39. The number of nitrogens with zero attached hydrogens (tertiary/aromatic N) is 1. The molecule has 0 bridgehead atoms. The normalized spacial score (nSPS) is 13.3. The molecule has 1 amide bonds. The van der Waals surface area contributed by atoms with Crippen LogP contribution >= 0.6 is 0 Å². The van der Waals surface area contributed by atoms with Gasteiger partial charge in [0.1, 0.15) is 17.2 Å². The average Bonchev–Trinajstić information content (AvgIpc) is 2.88. The fourth-order valence-electron chi connectivity index (χ4n) is 4.20. The molecule has 37 heavy (non-hydrogen) atoms. The van der Waals surface area contributed by atoms with Crippen LogP contribution < -0.4 is 18.8 Å². The second kappa shape index (κ2) is 10.5. The van der Waals surface area contributed by atoms with Crippen LogP contribution in [0, 0.1) is 0 Å². The van der Waals surface area contributed by atoms with Crippen molar-refractivity contribution in [2.24, 2.45) is 0 Å². The Balaban J connectivity index is 1.77. The topological polar surface area (TPSA) is 48.0 Å². The number of hydrogen-bond acceptors (Lipinski definition) is 4. The number of carbonyl (C=O) groups excluding carboxylic acids is 1. The zero-order valence-electron chi connectivity index (χ0n) is 22.9. The highest BCUT2D eigenvalue weighted by molar-refractivity contribution is 6.74. The van der Waals surface area contributed by atoms with Crippen LogP contribution in [-0.2, 0) is 6.42 Å². The van der Waals surface area contributed by atoms with Crippen LogP contribution in [0.2, 0.25) is 18.1 Å². The van der Waals surface area contributed by atoms with E-state index in [1.807, 2.05) is 54.6 Å². The maximum atomic E-state index is 14.1. The van der Waals surface area contributed by atoms with Crippen LogP contribution in [0.5, 0.6) is 17.2 Å². The Bertz CT molecular complexity index is 1310. The maximum Gasteiger partial charge on any atom is 0.262 e. The number of hydrogen-bond donors (Lipinski definition) is 0. The summed E-state index contributed by atoms with van der Waals surface area (Å²) in [7, 11) is 1.30. The third-order valence-corrected chi connectivity index (χ3v) is 11.7. The van der Waals surface area contributed by atoms with E-state index in [1.165, 1.54) is 0 Å². The van der Waals surface area contributed by atoms with Gasteiger partial charge in [-0.05, 0) is 97.2 Å². The minimum absolute atomic E-state index is 0.0950. The highest BCUT2D eigenvalue weighted by atomic mass is 28.4. The van der Waals surface area contributed by atoms with Crippen LogP contribution in [-0.4, -0.2) is 28.4 Å². The highest BCUT2D eigenvalue weighted by Gasteiger charge is 2.39. The van der Waals surface area contributed by atoms with Gasteiger partial charge in [-0.2, -0.15) is 0 Å². The first-order chi connectivity index (χ1) is 17.5. The molecule has 3 aromatic carbocycles. The Morgan fingerprint density at radius 1 is 0.865 bits per heavy atom. The molecule has 0 heterocycles. The van der Waals surface area contributed by atoms with Gasteiger partial charge in [-0.15, -0.1) is 0 Å². The molecule has 0 saturated heterocycles. The molecule has 0 fully saturated rings. The Hall–Kier alpha value is -3.51. The van der Waals surface area contributed by atoms with Gasteiger partial charge in [0.15, 0.2) is 0 Å². The zero-order valence-corrected chi connectivity index (χ0v) is 23.9. The van der Waals surface area contributed by atoms with Crippen LogP contribution in [0.25, 0.3) is 5.70 Å². The molecule has 0 unspecified atom stereocenters. The second-order valence-electron chi connectivity index (χ2n) is 10.9. The van der Waals surface area contributed by atoms with Crippen LogP contribution in [0.3, 0.4) is 0 Å². The van der Waals surface area contributed by atoms with Gasteiger partial charge in [0, 0.05) is 16.8 Å². The number of benzene rings is 3. The van der Waals surface area contributed by atoms with Crippen LogP contribution in [0.1, 0.15) is 48.7 Å². The van der Waals surface area contributed by atoms with E-state index in [1.54, 1.807) is 25.2 Å². The summed E-state index contributed by atoms with van der Waals surface area (Å²) in [6, 6.07) is 21.2. The predicted molar refractivity (Wildman–Crippen MR) is 153 cm³/mol. The number of amides is 1. The standard InChI is InChI=1S/C31H37NO4Si/c1-31(2,3)37(6,7)36-25-16-14-24(15-17-25)32(30(33)23-11-8-12-26(21-23)34-4)29-13-9-10-22-20-27(35-5)18-19-28(22)29/h8,11-21H,9-10H2,1-7H3. The third kappa shape index (κ3) is 5.59. The Kier molecular flexibility index (Phi) is 7.51. The van der Waals surface area contributed by atoms with Gasteiger partial charge in [0.05, 0.1) is 19.9 Å². The molecular formula is C31H37NO4Si. The first-order valence-corrected chi connectivity index (χ1v) is 15.6. The van der Waals surface area contributed by atoms with Gasteiger partial charge in [-0.3, -0.25) is 9.69 Å². The Morgan fingerprint density at radius 3 is 2.16 bits per heavy atom. The number of rotatable bonds is 7. The van der Waals surface area contributed by atoms with Crippen molar-refractivity contribution in [2.75, 3.05) is 19.1 Å². The Labute approximate surface area is 221 Å². The third-order valence-electron chi connectivity index (χ3n) is 7.37. The number of allylic oxidation sites excluding steroid dienone is 1. The lowest BCUT2D eigenvalue weighted by atomic mass is 9.93. The fraction of sp³-hybridized carbons (Fsp3) is 0.323. The molecule has 0 radical (unpaired) electrons. The summed E-state index contributed by atoms with van der Waals surface area (Å²) in [5, 5.41) is 0.0950. The van der Waals surface area contributed by atoms with Crippen molar-refractivity contribution < 1.29 is 18.7 Å². The van der Waals surface area contributed by atoms with Gasteiger partial charge in [-0.1, -0.05) is 32.9 Å². The summed E-state index contributed by atoms with van der Waals surface area (Å²) < 4.78 is 17.3. The van der Waals surface area contributed by atoms with Crippen molar-refractivity contribution in [2.45, 2.75) is 51.7 Å². The predicted octanol–water partition coefficient (Wildman–Crippen LogP) is 7.72. The largest absolute Gasteiger partial charge is 0.544 e. The average molecular weight is 516 g/mol. The van der Waals surface area contributed by atoms with Gasteiger partial charge < -0.3 is 13.9 Å². The maximum absolute atomic E-state index is 14.1. The molecule has 3 aromatic rings. The van der Waals surface area contributed by atoms with E-state index in [0.29, 0.717) is 11.3 Å². The molecule has 5 nitrogen and oxygen atoms in total. The number of methoxy groups -OCH3 is 2. The smallest absolute Gasteiger partial charge is 0.262 e. The lowest BCUT2D eigenvalue weighted by Gasteiger charge is -2.36. The van der Waals surface area contributed by atoms with Gasteiger partial charge in [-0.25, -0.2) is 0 Å². The number of ether oxygens (including phenoxy) is 2. The molecule has 6 heteroatoms. The molecule has 194 valence electrons. The Morgan fingerprint density at radius 2 is 1.51 bits per heavy atom. The number of anilines is 1. The summed E-state index contributed by atoms with van der Waals surface area (Å²) in [5.41, 5.74) is 4.41. The summed E-state index contributed by atoms with van der Waals surface area (Å²) >= 11 is 0. The molecule has 0 N–H and O–H groups in total. The van der Waals surface area contributed by atoms with Crippen molar-refractivity contribution >= 4 is 25.6 Å². The molecular weight excluding hydrogens is 478 g/mol. The van der Waals surface area contributed by atoms with E-state index in [0.717, 1.165) is 46.9 Å². The van der Waals surface area contributed by atoms with Crippen molar-refractivity contribution in [3.63, 3.8) is 0 Å². The second-order valence-corrected chi connectivity index (χ2v) is 15.6. The SMILES string of the molecule is COc1cccc(C(=O)N(C2=CCCc3cc(OC)ccc32)c2ccc(O[Si](C)(C)C(C)(C)C)cc2)c1. The van der Waals surface area contributed by atoms with Crippen molar-refractivity contribution in [1.29, 1.82) is 0 Å². The van der Waals surface area contributed by atoms with Gasteiger partial charge in [0.2, 0.25) is 8.32 Å². The van der Waals surface area contributed by atoms with Gasteiger partial charge in [0.25, 0.3) is 5.91 Å². The van der Waals surface area contributed by atoms with Crippen molar-refractivity contribution in [1.82, 2.24) is 0 Å². The van der Waals surface area contributed by atoms with Crippen molar-refractivity contribution in [3.05, 3.63) is 89.5 Å². The minimum atomic E-state index is -1.98. The summed E-state index contributed by atoms with van der Waals surface area (Å²) in [6.07, 6.45) is 3.88. The molecule has 0 saturated carbocycles. The quantitative estimate of drug-likeness (QED) is 0.302. The molecule has 1 aliphatic rings. The first-order valence-electron chi connectivity index (χ1n) is 12.7. The summed E-state index contributed by atoms with van der Waals surface area (Å²) in [4.78, 5) is 15.9. The van der Waals surface area contributed by atoms with Crippen molar-refractivity contribution in [3.8, 4) is 17.2 Å². The van der Waals surface area contributed by atoms with E-state index >= 15 is 0 Å². The minimum Gasteiger partial charge on any atom is -0.544 e. The lowest BCUT2D eigenvalue weighted by Crippen LogP contribution is -2.43. The molecule has 1 aliphatic carbocycles. The molecule has 0 spiro atoms. The van der Waals surface area contributed by atoms with Gasteiger partial charge >= 0.3 is 0 Å². The number of carbonyl (C=O) groups is 1. The number of fused-ring (bicyclic) bond motifs is 1. The molecule has 0 atom stereocenters. The fourth-order valence-corrected chi connectivity index (χ4v) is 5.23. The molecule has 4 rings (SSSR count). The lowest BCUT2D eigenvalue weighted by molar-refractivity contribution is 0.0999. The monoisotopic (exact) mass is 515 g/mol. The summed E-state index contributed by atoms with van der Waals surface area (Å²) in [5.74, 6) is 2.17. The van der Waals surface area contributed by atoms with E-state index < -0.39 is 8.32 Å². The first kappa shape index (κ1) is 26.5. The van der Waals surface area contributed by atoms with Crippen LogP contribution in [0.4, 0.5) is 5.69 Å². The van der Waals surface area contributed by atoms with E-state index in [2.05, 4.69) is 46.0 Å². The molecule has 0 aromatic heterocycles. The van der Waals surface area contributed by atoms with E-state index in [9.17, 15) is 4.79 Å².